The second-order valence-electron chi connectivity index (χ2n) is 7.68. The summed E-state index contributed by atoms with van der Waals surface area (Å²) in [5.74, 6) is 0. The molecule has 0 radical (unpaired) electrons. The van der Waals surface area contributed by atoms with Crippen LogP contribution in [-0.2, 0) is 22.1 Å². The number of fused-ring (bicyclic) bond motifs is 1. The van der Waals surface area contributed by atoms with E-state index < -0.39 is 7.82 Å². The third-order valence-electron chi connectivity index (χ3n) is 5.29. The van der Waals surface area contributed by atoms with E-state index in [1.807, 2.05) is 6.07 Å². The Kier molecular flexibility index (Phi) is 8.76. The fourth-order valence-electron chi connectivity index (χ4n) is 3.69. The molecule has 0 bridgehead atoms. The molecule has 1 aromatic heterocycles. The van der Waals surface area contributed by atoms with Crippen LogP contribution in [0.15, 0.2) is 54.7 Å². The van der Waals surface area contributed by atoms with Crippen molar-refractivity contribution in [2.75, 3.05) is 13.2 Å². The molecular weight excluding hydrogens is 411 g/mol. The molecule has 0 saturated heterocycles. The van der Waals surface area contributed by atoms with Crippen LogP contribution in [0.25, 0.3) is 22.0 Å². The Balaban J connectivity index is 1.70. The molecule has 31 heavy (non-hydrogen) atoms. The normalized spacial score (nSPS) is 11.8. The lowest BCUT2D eigenvalue weighted by molar-refractivity contribution is 0.197. The van der Waals surface area contributed by atoms with Crippen LogP contribution in [0.5, 0.6) is 0 Å². The number of unbranched alkanes of at least 4 members (excludes halogenated alkanes) is 3. The SMILES string of the molecule is CCCCCCc1ccc(-c2ccc(CNCCOP(=O)(O)O)c3ncccc23)cc1. The Hall–Kier alpha value is -2.08. The number of aryl methyl sites for hydroxylation is 1. The predicted octanol–water partition coefficient (Wildman–Crippen LogP) is 5.22. The minimum atomic E-state index is -4.42. The summed E-state index contributed by atoms with van der Waals surface area (Å²) in [7, 11) is -4.42. The molecule has 0 fully saturated rings. The molecule has 2 aromatic carbocycles. The lowest BCUT2D eigenvalue weighted by Crippen LogP contribution is -2.19. The van der Waals surface area contributed by atoms with Crippen LogP contribution in [-0.4, -0.2) is 27.9 Å². The predicted molar refractivity (Wildman–Crippen MR) is 125 cm³/mol. The van der Waals surface area contributed by atoms with E-state index in [9.17, 15) is 4.57 Å². The van der Waals surface area contributed by atoms with Gasteiger partial charge in [-0.25, -0.2) is 4.57 Å². The third-order valence-corrected chi connectivity index (χ3v) is 5.81. The van der Waals surface area contributed by atoms with Gasteiger partial charge in [0.1, 0.15) is 0 Å². The highest BCUT2D eigenvalue weighted by molar-refractivity contribution is 7.46. The van der Waals surface area contributed by atoms with E-state index in [1.54, 1.807) is 6.20 Å². The Morgan fingerprint density at radius 3 is 2.58 bits per heavy atom. The molecule has 0 amide bonds. The van der Waals surface area contributed by atoms with Gasteiger partial charge < -0.3 is 15.1 Å². The van der Waals surface area contributed by atoms with Gasteiger partial charge in [0.05, 0.1) is 12.1 Å². The van der Waals surface area contributed by atoms with Crippen LogP contribution in [0, 0.1) is 0 Å². The first-order valence-corrected chi connectivity index (χ1v) is 12.4. The van der Waals surface area contributed by atoms with Crippen LogP contribution >= 0.6 is 7.82 Å². The molecule has 0 aliphatic carbocycles. The molecular formula is C24H31N2O4P. The van der Waals surface area contributed by atoms with Crippen LogP contribution in [0.2, 0.25) is 0 Å². The van der Waals surface area contributed by atoms with Crippen molar-refractivity contribution >= 4 is 18.7 Å². The quantitative estimate of drug-likeness (QED) is 0.263. The number of phosphoric ester groups is 1. The summed E-state index contributed by atoms with van der Waals surface area (Å²) in [6.07, 6.45) is 7.99. The lowest BCUT2D eigenvalue weighted by Gasteiger charge is -2.12. The van der Waals surface area contributed by atoms with E-state index in [2.05, 4.69) is 64.2 Å². The number of benzene rings is 2. The van der Waals surface area contributed by atoms with Crippen molar-refractivity contribution in [3.63, 3.8) is 0 Å². The van der Waals surface area contributed by atoms with Crippen molar-refractivity contribution in [3.8, 4) is 11.1 Å². The van der Waals surface area contributed by atoms with Crippen LogP contribution < -0.4 is 5.32 Å². The Labute approximate surface area is 183 Å². The standard InChI is InChI=1S/C24H31N2O4P/c1-2-3-4-5-7-19-9-11-20(12-10-19)22-14-13-21(24-23(22)8-6-15-26-24)18-25-16-17-30-31(27,28)29/h6,8-15,25H,2-5,7,16-18H2,1H3,(H2,27,28,29). The van der Waals surface area contributed by atoms with E-state index in [-0.39, 0.29) is 6.61 Å². The molecule has 0 unspecified atom stereocenters. The maximum Gasteiger partial charge on any atom is 0.469 e. The fraction of sp³-hybridized carbons (Fsp3) is 0.375. The molecule has 1 heterocycles. The van der Waals surface area contributed by atoms with Crippen molar-refractivity contribution in [2.24, 2.45) is 0 Å². The van der Waals surface area contributed by atoms with Gasteiger partial charge in [0.2, 0.25) is 0 Å². The summed E-state index contributed by atoms with van der Waals surface area (Å²) in [5.41, 5.74) is 5.65. The molecule has 3 N–H and O–H groups in total. The van der Waals surface area contributed by atoms with Crippen LogP contribution in [0.1, 0.15) is 43.7 Å². The van der Waals surface area contributed by atoms with Gasteiger partial charge in [-0.3, -0.25) is 9.51 Å². The third kappa shape index (κ3) is 7.23. The van der Waals surface area contributed by atoms with Gasteiger partial charge in [-0.15, -0.1) is 0 Å². The summed E-state index contributed by atoms with van der Waals surface area (Å²) < 4.78 is 15.2. The van der Waals surface area contributed by atoms with E-state index in [0.29, 0.717) is 13.1 Å². The number of aromatic nitrogens is 1. The number of hydrogen-bond acceptors (Lipinski definition) is 4. The van der Waals surface area contributed by atoms with Gasteiger partial charge in [-0.05, 0) is 41.2 Å². The van der Waals surface area contributed by atoms with E-state index in [0.717, 1.165) is 28.5 Å². The van der Waals surface area contributed by atoms with Crippen molar-refractivity contribution in [1.82, 2.24) is 10.3 Å². The van der Waals surface area contributed by atoms with Gasteiger partial charge in [0.25, 0.3) is 0 Å². The second-order valence-corrected chi connectivity index (χ2v) is 8.92. The Morgan fingerprint density at radius 2 is 1.84 bits per heavy atom. The summed E-state index contributed by atoms with van der Waals surface area (Å²) in [6.45, 7) is 3.05. The Bertz CT molecular complexity index is 1020. The van der Waals surface area contributed by atoms with Crippen molar-refractivity contribution in [3.05, 3.63) is 65.9 Å². The average Bonchev–Trinajstić information content (AvgIpc) is 2.76. The highest BCUT2D eigenvalue weighted by atomic mass is 31.2. The number of phosphoric acid groups is 1. The molecule has 166 valence electrons. The molecule has 7 heteroatoms. The molecule has 0 atom stereocenters. The van der Waals surface area contributed by atoms with Gasteiger partial charge in [0, 0.05) is 24.7 Å². The molecule has 0 saturated carbocycles. The number of hydrogen-bond donors (Lipinski definition) is 3. The van der Waals surface area contributed by atoms with Crippen LogP contribution in [0.3, 0.4) is 0 Å². The highest BCUT2D eigenvalue weighted by Crippen LogP contribution is 2.35. The topological polar surface area (TPSA) is 91.7 Å². The highest BCUT2D eigenvalue weighted by Gasteiger charge is 2.13. The monoisotopic (exact) mass is 442 g/mol. The molecule has 3 rings (SSSR count). The van der Waals surface area contributed by atoms with Crippen molar-refractivity contribution in [2.45, 2.75) is 45.6 Å². The zero-order chi connectivity index (χ0) is 22.1. The summed E-state index contributed by atoms with van der Waals surface area (Å²) in [4.78, 5) is 22.1. The summed E-state index contributed by atoms with van der Waals surface area (Å²) in [5, 5.41) is 4.24. The molecule has 6 nitrogen and oxygen atoms in total. The minimum Gasteiger partial charge on any atom is -0.310 e. The van der Waals surface area contributed by atoms with Crippen molar-refractivity contribution in [1.29, 1.82) is 0 Å². The largest absolute Gasteiger partial charge is 0.469 e. The Morgan fingerprint density at radius 1 is 1.03 bits per heavy atom. The van der Waals surface area contributed by atoms with Gasteiger partial charge in [-0.1, -0.05) is 68.7 Å². The maximum atomic E-state index is 10.7. The zero-order valence-electron chi connectivity index (χ0n) is 18.0. The number of nitrogens with one attached hydrogen (secondary N) is 1. The molecule has 0 aliphatic heterocycles. The second kappa shape index (κ2) is 11.5. The summed E-state index contributed by atoms with van der Waals surface area (Å²) in [6, 6.07) is 17.0. The first-order chi connectivity index (χ1) is 15.0. The first-order valence-electron chi connectivity index (χ1n) is 10.8. The van der Waals surface area contributed by atoms with E-state index in [4.69, 9.17) is 9.79 Å². The smallest absolute Gasteiger partial charge is 0.310 e. The number of pyridine rings is 1. The van der Waals surface area contributed by atoms with Gasteiger partial charge in [0.15, 0.2) is 0 Å². The number of nitrogens with zero attached hydrogens (tertiary/aromatic N) is 1. The lowest BCUT2D eigenvalue weighted by atomic mass is 9.96. The number of rotatable bonds is 12. The minimum absolute atomic E-state index is 0.0570. The van der Waals surface area contributed by atoms with E-state index in [1.165, 1.54) is 36.8 Å². The molecule has 0 spiro atoms. The average molecular weight is 442 g/mol. The summed E-state index contributed by atoms with van der Waals surface area (Å²) >= 11 is 0. The maximum absolute atomic E-state index is 10.7. The van der Waals surface area contributed by atoms with Gasteiger partial charge >= 0.3 is 7.82 Å². The fourth-order valence-corrected chi connectivity index (χ4v) is 4.02. The van der Waals surface area contributed by atoms with Gasteiger partial charge in [-0.2, -0.15) is 0 Å². The van der Waals surface area contributed by atoms with Crippen molar-refractivity contribution < 1.29 is 18.9 Å². The molecule has 3 aromatic rings. The van der Waals surface area contributed by atoms with E-state index >= 15 is 0 Å². The zero-order valence-corrected chi connectivity index (χ0v) is 18.9. The first kappa shape index (κ1) is 23.6. The van der Waals surface area contributed by atoms with Crippen LogP contribution in [0.4, 0.5) is 0 Å². The molecule has 0 aliphatic rings.